The van der Waals surface area contributed by atoms with Crippen LogP contribution in [0.15, 0.2) is 6.20 Å². The van der Waals surface area contributed by atoms with E-state index in [0.717, 1.165) is 6.20 Å². The summed E-state index contributed by atoms with van der Waals surface area (Å²) in [6, 6.07) is 0. The van der Waals surface area contributed by atoms with Crippen molar-refractivity contribution in [2.75, 3.05) is 6.54 Å². The van der Waals surface area contributed by atoms with E-state index in [-0.39, 0.29) is 20.8 Å². The summed E-state index contributed by atoms with van der Waals surface area (Å²) in [5, 5.41) is 10.1. The van der Waals surface area contributed by atoms with Gasteiger partial charge in [-0.25, -0.2) is 4.98 Å². The molecular weight excluding hydrogens is 331 g/mol. The minimum absolute atomic E-state index is 0.00135. The molecule has 1 aromatic rings. The van der Waals surface area contributed by atoms with E-state index in [0.29, 0.717) is 0 Å². The number of hydrogen-bond acceptors (Lipinski definition) is 3. The molecule has 1 atom stereocenters. The van der Waals surface area contributed by atoms with E-state index < -0.39 is 24.7 Å². The lowest BCUT2D eigenvalue weighted by atomic mass is 10.3. The highest BCUT2D eigenvalue weighted by Crippen LogP contribution is 2.31. The first-order valence-electron chi connectivity index (χ1n) is 4.67. The first kappa shape index (κ1) is 16.3. The van der Waals surface area contributed by atoms with E-state index in [1.807, 2.05) is 5.32 Å². The molecular formula is C9H6Cl3F3N2O2. The molecule has 0 saturated carbocycles. The fourth-order valence-corrected chi connectivity index (χ4v) is 1.56. The number of nitrogens with one attached hydrogen (secondary N) is 1. The molecule has 1 heterocycles. The van der Waals surface area contributed by atoms with Gasteiger partial charge in [-0.15, -0.1) is 0 Å². The van der Waals surface area contributed by atoms with E-state index in [1.54, 1.807) is 0 Å². The van der Waals surface area contributed by atoms with Crippen molar-refractivity contribution in [3.8, 4) is 0 Å². The number of alkyl halides is 3. The Bertz CT molecular complexity index is 496. The molecule has 1 rings (SSSR count). The van der Waals surface area contributed by atoms with Crippen molar-refractivity contribution in [3.63, 3.8) is 0 Å². The lowest BCUT2D eigenvalue weighted by molar-refractivity contribution is -0.201. The second kappa shape index (κ2) is 6.13. The smallest absolute Gasteiger partial charge is 0.382 e. The maximum absolute atomic E-state index is 12.0. The first-order valence-corrected chi connectivity index (χ1v) is 5.80. The van der Waals surface area contributed by atoms with Crippen LogP contribution in [0.3, 0.4) is 0 Å². The third-order valence-electron chi connectivity index (χ3n) is 1.97. The molecule has 106 valence electrons. The lowest BCUT2D eigenvalue weighted by Crippen LogP contribution is -2.41. The third kappa shape index (κ3) is 4.10. The van der Waals surface area contributed by atoms with Crippen LogP contribution in [0.2, 0.25) is 15.1 Å². The van der Waals surface area contributed by atoms with Crippen molar-refractivity contribution in [1.82, 2.24) is 10.3 Å². The molecule has 19 heavy (non-hydrogen) atoms. The van der Waals surface area contributed by atoms with Gasteiger partial charge in [0.05, 0.1) is 21.6 Å². The number of nitrogens with zero attached hydrogens (tertiary/aromatic N) is 1. The van der Waals surface area contributed by atoms with E-state index in [1.165, 1.54) is 0 Å². The van der Waals surface area contributed by atoms with Crippen molar-refractivity contribution in [2.45, 2.75) is 12.3 Å². The summed E-state index contributed by atoms with van der Waals surface area (Å²) in [4.78, 5) is 15.1. The molecule has 0 aliphatic carbocycles. The number of aliphatic hydroxyl groups excluding tert-OH is 1. The molecule has 1 unspecified atom stereocenters. The predicted octanol–water partition coefficient (Wildman–Crippen LogP) is 2.69. The van der Waals surface area contributed by atoms with Crippen molar-refractivity contribution < 1.29 is 23.1 Å². The van der Waals surface area contributed by atoms with Crippen molar-refractivity contribution in [3.05, 3.63) is 27.0 Å². The Labute approximate surface area is 120 Å². The molecule has 2 N–H and O–H groups in total. The van der Waals surface area contributed by atoms with Gasteiger partial charge < -0.3 is 10.4 Å². The summed E-state index contributed by atoms with van der Waals surface area (Å²) < 4.78 is 36.1. The fraction of sp³-hybridized carbons (Fsp3) is 0.333. The number of halogens is 6. The Morgan fingerprint density at radius 2 is 1.95 bits per heavy atom. The Kier molecular flexibility index (Phi) is 5.26. The highest BCUT2D eigenvalue weighted by molar-refractivity contribution is 6.48. The number of carbonyl (C=O) groups is 1. The predicted molar refractivity (Wildman–Crippen MR) is 63.7 cm³/mol. The highest BCUT2D eigenvalue weighted by atomic mass is 35.5. The number of amides is 1. The third-order valence-corrected chi connectivity index (χ3v) is 3.21. The summed E-state index contributed by atoms with van der Waals surface area (Å²) in [6.45, 7) is -1.03. The molecule has 0 radical (unpaired) electrons. The molecule has 4 nitrogen and oxygen atoms in total. The van der Waals surface area contributed by atoms with E-state index in [2.05, 4.69) is 4.98 Å². The van der Waals surface area contributed by atoms with Crippen LogP contribution in [-0.4, -0.2) is 34.8 Å². The van der Waals surface area contributed by atoms with Crippen LogP contribution >= 0.6 is 34.8 Å². The van der Waals surface area contributed by atoms with E-state index >= 15 is 0 Å². The van der Waals surface area contributed by atoms with Crippen molar-refractivity contribution in [2.24, 2.45) is 0 Å². The normalized spacial score (nSPS) is 13.2. The summed E-state index contributed by atoms with van der Waals surface area (Å²) in [7, 11) is 0. The van der Waals surface area contributed by atoms with Crippen LogP contribution in [0, 0.1) is 0 Å². The maximum atomic E-state index is 12.0. The Balaban J connectivity index is 2.78. The topological polar surface area (TPSA) is 62.2 Å². The molecule has 0 bridgehead atoms. The first-order chi connectivity index (χ1) is 8.64. The molecule has 1 amide bonds. The number of hydrogen-bond donors (Lipinski definition) is 2. The average Bonchev–Trinajstić information content (AvgIpc) is 2.31. The highest BCUT2D eigenvalue weighted by Gasteiger charge is 2.38. The Hall–Kier alpha value is -0.760. The molecule has 0 spiro atoms. The monoisotopic (exact) mass is 336 g/mol. The minimum atomic E-state index is -4.83. The second-order valence-corrected chi connectivity index (χ2v) is 4.51. The second-order valence-electron chi connectivity index (χ2n) is 3.35. The zero-order valence-corrected chi connectivity index (χ0v) is 11.2. The van der Waals surface area contributed by atoms with Gasteiger partial charge in [-0.2, -0.15) is 13.2 Å². The zero-order valence-electron chi connectivity index (χ0n) is 8.93. The largest absolute Gasteiger partial charge is 0.416 e. The fourth-order valence-electron chi connectivity index (χ4n) is 0.990. The quantitative estimate of drug-likeness (QED) is 0.891. The molecule has 10 heteroatoms. The van der Waals surface area contributed by atoms with Gasteiger partial charge in [-0.1, -0.05) is 34.8 Å². The van der Waals surface area contributed by atoms with Crippen LogP contribution in [-0.2, 0) is 0 Å². The standard InChI is InChI=1S/C9H6Cl3F3N2O2/c10-3-1-16-7(6(12)5(3)11)8(19)17-2-4(18)9(13,14)15/h1,4,18H,2H2,(H,17,19). The number of rotatable bonds is 3. The Morgan fingerprint density at radius 1 is 1.37 bits per heavy atom. The number of aromatic nitrogens is 1. The van der Waals surface area contributed by atoms with Gasteiger partial charge in [0.15, 0.2) is 6.10 Å². The number of carbonyl (C=O) groups excluding carboxylic acids is 1. The zero-order chi connectivity index (χ0) is 14.8. The molecule has 1 aromatic heterocycles. The van der Waals surface area contributed by atoms with Crippen LogP contribution in [0.5, 0.6) is 0 Å². The van der Waals surface area contributed by atoms with Crippen LogP contribution in [0.25, 0.3) is 0 Å². The molecule has 0 fully saturated rings. The van der Waals surface area contributed by atoms with E-state index in [9.17, 15) is 18.0 Å². The van der Waals surface area contributed by atoms with Gasteiger partial charge in [0.25, 0.3) is 5.91 Å². The summed E-state index contributed by atoms with van der Waals surface area (Å²) in [5.41, 5.74) is -0.384. The van der Waals surface area contributed by atoms with Crippen molar-refractivity contribution >= 4 is 40.7 Å². The Morgan fingerprint density at radius 3 is 2.47 bits per heavy atom. The number of aliphatic hydroxyl groups is 1. The molecule has 0 saturated heterocycles. The van der Waals surface area contributed by atoms with Gasteiger partial charge in [-0.05, 0) is 0 Å². The van der Waals surface area contributed by atoms with E-state index in [4.69, 9.17) is 39.9 Å². The van der Waals surface area contributed by atoms with Crippen molar-refractivity contribution in [1.29, 1.82) is 0 Å². The van der Waals surface area contributed by atoms with Gasteiger partial charge in [-0.3, -0.25) is 4.79 Å². The SMILES string of the molecule is O=C(NCC(O)C(F)(F)F)c1ncc(Cl)c(Cl)c1Cl. The van der Waals surface area contributed by atoms with Crippen LogP contribution < -0.4 is 5.32 Å². The maximum Gasteiger partial charge on any atom is 0.416 e. The van der Waals surface area contributed by atoms with Gasteiger partial charge in [0.2, 0.25) is 0 Å². The molecule has 0 aliphatic heterocycles. The summed E-state index contributed by atoms with van der Waals surface area (Å²) in [5.74, 6) is -1.01. The van der Waals surface area contributed by atoms with Gasteiger partial charge >= 0.3 is 6.18 Å². The number of pyridine rings is 1. The summed E-state index contributed by atoms with van der Waals surface area (Å²) >= 11 is 16.9. The van der Waals surface area contributed by atoms with Gasteiger partial charge in [0.1, 0.15) is 5.69 Å². The minimum Gasteiger partial charge on any atom is -0.382 e. The molecule has 0 aliphatic rings. The van der Waals surface area contributed by atoms with Crippen LogP contribution in [0.4, 0.5) is 13.2 Å². The summed E-state index contributed by atoms with van der Waals surface area (Å²) in [6.07, 6.45) is -6.48. The van der Waals surface area contributed by atoms with Gasteiger partial charge in [0, 0.05) is 6.20 Å². The average molecular weight is 338 g/mol. The van der Waals surface area contributed by atoms with Crippen LogP contribution in [0.1, 0.15) is 10.5 Å². The molecule has 0 aromatic carbocycles. The lowest BCUT2D eigenvalue weighted by Gasteiger charge is -2.15.